The van der Waals surface area contributed by atoms with Gasteiger partial charge in [-0.3, -0.25) is 0 Å². The molecule has 0 aliphatic carbocycles. The van der Waals surface area contributed by atoms with Crippen LogP contribution in [0.15, 0.2) is 53.4 Å². The van der Waals surface area contributed by atoms with Crippen LogP contribution in [0.1, 0.15) is 18.5 Å². The Kier molecular flexibility index (Phi) is 5.06. The van der Waals surface area contributed by atoms with E-state index in [1.54, 1.807) is 30.3 Å². The molecule has 0 aliphatic heterocycles. The lowest BCUT2D eigenvalue weighted by atomic mass is 10.1. The number of anilines is 1. The van der Waals surface area contributed by atoms with Gasteiger partial charge in [-0.25, -0.2) is 0 Å². The largest absolute Gasteiger partial charge is 0.446 e. The normalized spacial score (nSPS) is 13.0. The van der Waals surface area contributed by atoms with Crippen LogP contribution in [0.25, 0.3) is 0 Å². The van der Waals surface area contributed by atoms with Crippen LogP contribution in [0.2, 0.25) is 5.02 Å². The van der Waals surface area contributed by atoms with E-state index in [0.717, 1.165) is 5.56 Å². The van der Waals surface area contributed by atoms with E-state index in [2.05, 4.69) is 5.32 Å². The topological polar surface area (TPSA) is 12.0 Å². The summed E-state index contributed by atoms with van der Waals surface area (Å²) in [7, 11) is 0. The Morgan fingerprint density at radius 2 is 1.67 bits per heavy atom. The van der Waals surface area contributed by atoms with Crippen molar-refractivity contribution in [3.63, 3.8) is 0 Å². The molecule has 0 amide bonds. The van der Waals surface area contributed by atoms with E-state index < -0.39 is 5.51 Å². The van der Waals surface area contributed by atoms with Crippen LogP contribution < -0.4 is 5.32 Å². The Balaban J connectivity index is 2.17. The van der Waals surface area contributed by atoms with Crippen LogP contribution >= 0.6 is 23.4 Å². The minimum atomic E-state index is -4.30. The number of para-hydroxylation sites is 1. The molecule has 6 heteroatoms. The lowest BCUT2D eigenvalue weighted by Gasteiger charge is -2.19. The second kappa shape index (κ2) is 6.62. The van der Waals surface area contributed by atoms with E-state index in [4.69, 9.17) is 11.6 Å². The third kappa shape index (κ3) is 4.86. The first-order valence-corrected chi connectivity index (χ1v) is 7.41. The molecule has 112 valence electrons. The van der Waals surface area contributed by atoms with Crippen molar-refractivity contribution in [3.05, 3.63) is 59.1 Å². The monoisotopic (exact) mass is 331 g/mol. The Morgan fingerprint density at radius 3 is 2.29 bits per heavy atom. The van der Waals surface area contributed by atoms with Crippen LogP contribution in [0, 0.1) is 0 Å². The molecular formula is C15H13ClF3NS. The molecule has 2 aromatic rings. The van der Waals surface area contributed by atoms with Crippen molar-refractivity contribution in [3.8, 4) is 0 Å². The minimum Gasteiger partial charge on any atom is -0.378 e. The van der Waals surface area contributed by atoms with E-state index in [0.29, 0.717) is 10.7 Å². The summed E-state index contributed by atoms with van der Waals surface area (Å²) >= 11 is 5.71. The van der Waals surface area contributed by atoms with Gasteiger partial charge in [0.15, 0.2) is 0 Å². The van der Waals surface area contributed by atoms with Gasteiger partial charge >= 0.3 is 5.51 Å². The lowest BCUT2D eigenvalue weighted by molar-refractivity contribution is -0.0327. The predicted octanol–water partition coefficient (Wildman–Crippen LogP) is 6.13. The van der Waals surface area contributed by atoms with Crippen LogP contribution in [0.4, 0.5) is 18.9 Å². The summed E-state index contributed by atoms with van der Waals surface area (Å²) in [6, 6.07) is 13.5. The van der Waals surface area contributed by atoms with Gasteiger partial charge < -0.3 is 5.32 Å². The van der Waals surface area contributed by atoms with Gasteiger partial charge in [0.25, 0.3) is 0 Å². The molecule has 0 heterocycles. The van der Waals surface area contributed by atoms with Gasteiger partial charge in [0, 0.05) is 21.6 Å². The number of benzene rings is 2. The fourth-order valence-electron chi connectivity index (χ4n) is 1.87. The second-order valence-corrected chi connectivity index (χ2v) is 6.00. The van der Waals surface area contributed by atoms with Gasteiger partial charge in [-0.2, -0.15) is 13.2 Å². The third-order valence-electron chi connectivity index (χ3n) is 2.85. The first-order valence-electron chi connectivity index (χ1n) is 6.22. The van der Waals surface area contributed by atoms with E-state index >= 15 is 0 Å². The SMILES string of the molecule is CC(Nc1ccccc1SC(F)(F)F)c1ccc(Cl)cc1. The van der Waals surface area contributed by atoms with Gasteiger partial charge in [-0.15, -0.1) is 0 Å². The van der Waals surface area contributed by atoms with Crippen molar-refractivity contribution < 1.29 is 13.2 Å². The zero-order valence-corrected chi connectivity index (χ0v) is 12.7. The molecule has 0 aromatic heterocycles. The van der Waals surface area contributed by atoms with Crippen molar-refractivity contribution in [1.82, 2.24) is 0 Å². The minimum absolute atomic E-state index is 0.117. The molecule has 0 bridgehead atoms. The molecule has 0 saturated heterocycles. The first kappa shape index (κ1) is 16.0. The van der Waals surface area contributed by atoms with Crippen LogP contribution in [0.5, 0.6) is 0 Å². The number of hydrogen-bond donors (Lipinski definition) is 1. The maximum atomic E-state index is 12.5. The van der Waals surface area contributed by atoms with Crippen LogP contribution in [0.3, 0.4) is 0 Å². The van der Waals surface area contributed by atoms with E-state index in [1.165, 1.54) is 6.07 Å². The number of alkyl halides is 3. The lowest BCUT2D eigenvalue weighted by Crippen LogP contribution is -2.08. The molecule has 1 nitrogen and oxygen atoms in total. The number of hydrogen-bond acceptors (Lipinski definition) is 2. The standard InChI is InChI=1S/C15H13ClF3NS/c1-10(11-6-8-12(16)9-7-11)20-13-4-2-3-5-14(13)21-15(17,18)19/h2-10,20H,1H3. The summed E-state index contributed by atoms with van der Waals surface area (Å²) in [5, 5.41) is 3.73. The fourth-order valence-corrected chi connectivity index (χ4v) is 2.63. The average molecular weight is 332 g/mol. The van der Waals surface area contributed by atoms with Crippen LogP contribution in [-0.2, 0) is 0 Å². The summed E-state index contributed by atoms with van der Waals surface area (Å²) in [6.45, 7) is 1.89. The van der Waals surface area contributed by atoms with Crippen molar-refractivity contribution >= 4 is 29.1 Å². The second-order valence-electron chi connectivity index (χ2n) is 4.46. The summed E-state index contributed by atoms with van der Waals surface area (Å²) in [4.78, 5) is 0.158. The molecule has 21 heavy (non-hydrogen) atoms. The summed E-state index contributed by atoms with van der Waals surface area (Å²) < 4.78 is 37.6. The number of halogens is 4. The first-order chi connectivity index (χ1) is 9.85. The highest BCUT2D eigenvalue weighted by atomic mass is 35.5. The summed E-state index contributed by atoms with van der Waals surface area (Å²) in [5.41, 5.74) is -2.89. The molecule has 2 aromatic carbocycles. The average Bonchev–Trinajstić information content (AvgIpc) is 2.40. The molecule has 0 saturated carbocycles. The van der Waals surface area contributed by atoms with Gasteiger partial charge in [-0.05, 0) is 48.5 Å². The Labute approximate surface area is 130 Å². The summed E-state index contributed by atoms with van der Waals surface area (Å²) in [5.74, 6) is 0. The Bertz CT molecular complexity index is 599. The molecule has 2 rings (SSSR count). The van der Waals surface area contributed by atoms with E-state index in [9.17, 15) is 13.2 Å². The number of rotatable bonds is 4. The maximum Gasteiger partial charge on any atom is 0.446 e. The van der Waals surface area contributed by atoms with Gasteiger partial charge in [0.05, 0.1) is 0 Å². The molecule has 0 radical (unpaired) electrons. The van der Waals surface area contributed by atoms with Crippen molar-refractivity contribution in [2.75, 3.05) is 5.32 Å². The van der Waals surface area contributed by atoms with Crippen molar-refractivity contribution in [1.29, 1.82) is 0 Å². The highest BCUT2D eigenvalue weighted by Gasteiger charge is 2.30. The number of thioether (sulfide) groups is 1. The fraction of sp³-hybridized carbons (Fsp3) is 0.200. The highest BCUT2D eigenvalue weighted by Crippen LogP contribution is 2.41. The Morgan fingerprint density at radius 1 is 1.05 bits per heavy atom. The quantitative estimate of drug-likeness (QED) is 0.677. The highest BCUT2D eigenvalue weighted by molar-refractivity contribution is 8.00. The molecule has 0 spiro atoms. The van der Waals surface area contributed by atoms with Gasteiger partial charge in [0.2, 0.25) is 0 Å². The predicted molar refractivity (Wildman–Crippen MR) is 81.8 cm³/mol. The van der Waals surface area contributed by atoms with Crippen molar-refractivity contribution in [2.24, 2.45) is 0 Å². The zero-order valence-electron chi connectivity index (χ0n) is 11.1. The third-order valence-corrected chi connectivity index (χ3v) is 3.91. The molecule has 0 fully saturated rings. The molecule has 1 unspecified atom stereocenters. The zero-order chi connectivity index (χ0) is 15.5. The van der Waals surface area contributed by atoms with Crippen LogP contribution in [-0.4, -0.2) is 5.51 Å². The summed E-state index contributed by atoms with van der Waals surface area (Å²) in [6.07, 6.45) is 0. The molecular weight excluding hydrogens is 319 g/mol. The molecule has 1 N–H and O–H groups in total. The molecule has 0 aliphatic rings. The number of nitrogens with one attached hydrogen (secondary N) is 1. The Hall–Kier alpha value is -1.33. The maximum absolute atomic E-state index is 12.5. The van der Waals surface area contributed by atoms with E-state index in [-0.39, 0.29) is 22.7 Å². The molecule has 1 atom stereocenters. The van der Waals surface area contributed by atoms with Gasteiger partial charge in [-0.1, -0.05) is 35.9 Å². The van der Waals surface area contributed by atoms with Crippen molar-refractivity contribution in [2.45, 2.75) is 23.4 Å². The van der Waals surface area contributed by atoms with E-state index in [1.807, 2.05) is 19.1 Å². The smallest absolute Gasteiger partial charge is 0.378 e. The van der Waals surface area contributed by atoms with Gasteiger partial charge in [0.1, 0.15) is 0 Å².